The van der Waals surface area contributed by atoms with Crippen molar-refractivity contribution >= 4 is 29.9 Å². The van der Waals surface area contributed by atoms with E-state index in [-0.39, 0.29) is 24.0 Å². The number of halogens is 1. The monoisotopic (exact) mass is 497 g/mol. The molecule has 2 aliphatic heterocycles. The van der Waals surface area contributed by atoms with Crippen LogP contribution in [0.15, 0.2) is 23.2 Å². The summed E-state index contributed by atoms with van der Waals surface area (Å²) in [5.41, 5.74) is 3.08. The fourth-order valence-electron chi connectivity index (χ4n) is 5.62. The minimum absolute atomic E-state index is 0. The van der Waals surface area contributed by atoms with Crippen molar-refractivity contribution in [1.29, 1.82) is 0 Å². The molecular formula is C22H32IN3O2. The van der Waals surface area contributed by atoms with E-state index in [2.05, 4.69) is 35.8 Å². The minimum Gasteiger partial charge on any atom is -0.493 e. The maximum atomic E-state index is 6.05. The lowest BCUT2D eigenvalue weighted by Crippen LogP contribution is -2.72. The summed E-state index contributed by atoms with van der Waals surface area (Å²) in [5, 5.41) is 7.24. The molecule has 1 aromatic carbocycles. The fourth-order valence-corrected chi connectivity index (χ4v) is 5.62. The van der Waals surface area contributed by atoms with Gasteiger partial charge in [-0.2, -0.15) is 0 Å². The van der Waals surface area contributed by atoms with Crippen LogP contribution in [0.3, 0.4) is 0 Å². The second-order valence-corrected chi connectivity index (χ2v) is 8.50. The van der Waals surface area contributed by atoms with E-state index in [4.69, 9.17) is 14.5 Å². The van der Waals surface area contributed by atoms with Crippen molar-refractivity contribution in [3.05, 3.63) is 29.3 Å². The van der Waals surface area contributed by atoms with Gasteiger partial charge in [0.2, 0.25) is 0 Å². The van der Waals surface area contributed by atoms with Gasteiger partial charge in [0.15, 0.2) is 5.96 Å². The summed E-state index contributed by atoms with van der Waals surface area (Å²) >= 11 is 0. The Balaban J connectivity index is 0.00000192. The van der Waals surface area contributed by atoms with Gasteiger partial charge in [0.1, 0.15) is 5.75 Å². The molecule has 2 aliphatic carbocycles. The summed E-state index contributed by atoms with van der Waals surface area (Å²) in [6.45, 7) is 5.59. The lowest BCUT2D eigenvalue weighted by molar-refractivity contribution is -0.171. The van der Waals surface area contributed by atoms with E-state index in [0.717, 1.165) is 50.9 Å². The van der Waals surface area contributed by atoms with Crippen LogP contribution in [0.25, 0.3) is 0 Å². The molecule has 0 amide bonds. The largest absolute Gasteiger partial charge is 0.493 e. The summed E-state index contributed by atoms with van der Waals surface area (Å²) in [4.78, 5) is 4.88. The molecule has 5 nitrogen and oxygen atoms in total. The van der Waals surface area contributed by atoms with Crippen LogP contribution in [0.1, 0.15) is 43.7 Å². The number of hydrogen-bond acceptors (Lipinski definition) is 3. The first-order chi connectivity index (χ1) is 13.3. The molecule has 5 rings (SSSR count). The van der Waals surface area contributed by atoms with Gasteiger partial charge in [0, 0.05) is 43.5 Å². The highest BCUT2D eigenvalue weighted by Crippen LogP contribution is 2.62. The number of rotatable bonds is 5. The highest BCUT2D eigenvalue weighted by atomic mass is 127. The van der Waals surface area contributed by atoms with Gasteiger partial charge in [-0.05, 0) is 49.8 Å². The normalized spacial score (nSPS) is 29.0. The minimum atomic E-state index is 0. The van der Waals surface area contributed by atoms with Crippen molar-refractivity contribution in [2.24, 2.45) is 16.3 Å². The third-order valence-corrected chi connectivity index (χ3v) is 7.10. The molecule has 1 spiro atoms. The lowest BCUT2D eigenvalue weighted by Gasteiger charge is -2.63. The quantitative estimate of drug-likeness (QED) is 0.373. The van der Waals surface area contributed by atoms with Crippen LogP contribution in [-0.2, 0) is 17.6 Å². The molecule has 0 radical (unpaired) electrons. The molecule has 0 bridgehead atoms. The average Bonchev–Trinajstić information content (AvgIpc) is 3.25. The zero-order chi connectivity index (χ0) is 18.3. The SMILES string of the molecule is CCNC(=NCCc1ccc2c(c1)CCO2)NC1C2CCOC2C12CCC2.I. The van der Waals surface area contributed by atoms with Crippen LogP contribution in [0, 0.1) is 11.3 Å². The lowest BCUT2D eigenvalue weighted by atomic mass is 9.46. The number of nitrogens with zero attached hydrogens (tertiary/aromatic N) is 1. The molecule has 1 saturated heterocycles. The molecule has 1 aromatic rings. The van der Waals surface area contributed by atoms with E-state index in [1.165, 1.54) is 36.8 Å². The van der Waals surface area contributed by atoms with Gasteiger partial charge in [-0.15, -0.1) is 24.0 Å². The van der Waals surface area contributed by atoms with E-state index >= 15 is 0 Å². The smallest absolute Gasteiger partial charge is 0.191 e. The maximum absolute atomic E-state index is 6.05. The van der Waals surface area contributed by atoms with Crippen molar-refractivity contribution in [3.63, 3.8) is 0 Å². The summed E-state index contributed by atoms with van der Waals surface area (Å²) < 4.78 is 11.6. The topological polar surface area (TPSA) is 54.9 Å². The van der Waals surface area contributed by atoms with Gasteiger partial charge in [-0.3, -0.25) is 4.99 Å². The molecule has 6 heteroatoms. The van der Waals surface area contributed by atoms with Crippen molar-refractivity contribution in [1.82, 2.24) is 10.6 Å². The van der Waals surface area contributed by atoms with Crippen LogP contribution < -0.4 is 15.4 Å². The highest BCUT2D eigenvalue weighted by Gasteiger charge is 2.66. The van der Waals surface area contributed by atoms with E-state index in [0.29, 0.717) is 23.5 Å². The molecular weight excluding hydrogens is 465 g/mol. The van der Waals surface area contributed by atoms with Gasteiger partial charge in [-0.25, -0.2) is 0 Å². The van der Waals surface area contributed by atoms with Crippen LogP contribution in [0.5, 0.6) is 5.75 Å². The van der Waals surface area contributed by atoms with Crippen molar-refractivity contribution in [3.8, 4) is 5.75 Å². The van der Waals surface area contributed by atoms with Crippen molar-refractivity contribution in [2.75, 3.05) is 26.3 Å². The van der Waals surface area contributed by atoms with Gasteiger partial charge >= 0.3 is 0 Å². The molecule has 4 aliphatic rings. The van der Waals surface area contributed by atoms with Gasteiger partial charge in [0.25, 0.3) is 0 Å². The highest BCUT2D eigenvalue weighted by molar-refractivity contribution is 14.0. The molecule has 3 fully saturated rings. The summed E-state index contributed by atoms with van der Waals surface area (Å²) in [6.07, 6.45) is 7.66. The van der Waals surface area contributed by atoms with Gasteiger partial charge in [0.05, 0.1) is 12.7 Å². The van der Waals surface area contributed by atoms with Gasteiger partial charge in [-0.1, -0.05) is 18.6 Å². The second-order valence-electron chi connectivity index (χ2n) is 8.50. The Morgan fingerprint density at radius 3 is 2.96 bits per heavy atom. The Bertz CT molecular complexity index is 734. The Morgan fingerprint density at radius 2 is 2.18 bits per heavy atom. The number of aliphatic imine (C=N–C) groups is 1. The average molecular weight is 497 g/mol. The Kier molecular flexibility index (Phi) is 6.06. The molecule has 2 heterocycles. The molecule has 2 N–H and O–H groups in total. The Labute approximate surface area is 185 Å². The number of nitrogens with one attached hydrogen (secondary N) is 2. The Morgan fingerprint density at radius 1 is 1.29 bits per heavy atom. The Hall–Kier alpha value is -1.02. The van der Waals surface area contributed by atoms with Crippen molar-refractivity contribution in [2.45, 2.75) is 57.6 Å². The number of fused-ring (bicyclic) bond motifs is 3. The number of guanidine groups is 1. The number of benzene rings is 1. The standard InChI is InChI=1S/C22H31N3O2.HI/c1-2-23-21(24-11-6-15-4-5-18-16(14-15)7-12-26-18)25-19-17-8-13-27-20(17)22(19)9-3-10-22;/h4-5,14,17,19-20H,2-3,6-13H2,1H3,(H2,23,24,25);1H. The van der Waals surface area contributed by atoms with Crippen LogP contribution in [0.2, 0.25) is 0 Å². The van der Waals surface area contributed by atoms with Crippen LogP contribution in [0.4, 0.5) is 0 Å². The first kappa shape index (κ1) is 20.3. The second kappa shape index (κ2) is 8.38. The van der Waals surface area contributed by atoms with E-state index in [1.54, 1.807) is 0 Å². The predicted molar refractivity (Wildman–Crippen MR) is 122 cm³/mol. The molecule has 2 saturated carbocycles. The summed E-state index contributed by atoms with van der Waals surface area (Å²) in [7, 11) is 0. The predicted octanol–water partition coefficient (Wildman–Crippen LogP) is 3.29. The van der Waals surface area contributed by atoms with E-state index < -0.39 is 0 Å². The third-order valence-electron chi connectivity index (χ3n) is 7.10. The van der Waals surface area contributed by atoms with E-state index in [9.17, 15) is 0 Å². The first-order valence-electron chi connectivity index (χ1n) is 10.7. The molecule has 0 aromatic heterocycles. The van der Waals surface area contributed by atoms with E-state index in [1.807, 2.05) is 0 Å². The zero-order valence-electron chi connectivity index (χ0n) is 16.7. The molecule has 28 heavy (non-hydrogen) atoms. The maximum Gasteiger partial charge on any atom is 0.191 e. The first-order valence-corrected chi connectivity index (χ1v) is 10.7. The molecule has 3 atom stereocenters. The van der Waals surface area contributed by atoms with Crippen molar-refractivity contribution < 1.29 is 9.47 Å². The number of ether oxygens (including phenoxy) is 2. The van der Waals surface area contributed by atoms with Gasteiger partial charge < -0.3 is 20.1 Å². The third kappa shape index (κ3) is 3.40. The fraction of sp³-hybridized carbons (Fsp3) is 0.682. The van der Waals surface area contributed by atoms with Crippen LogP contribution in [-0.4, -0.2) is 44.4 Å². The molecule has 154 valence electrons. The molecule has 3 unspecified atom stereocenters. The van der Waals surface area contributed by atoms with Crippen LogP contribution >= 0.6 is 24.0 Å². The summed E-state index contributed by atoms with van der Waals surface area (Å²) in [5.74, 6) is 2.70. The summed E-state index contributed by atoms with van der Waals surface area (Å²) in [6, 6.07) is 7.11. The zero-order valence-corrected chi connectivity index (χ0v) is 19.0. The number of hydrogen-bond donors (Lipinski definition) is 2.